The van der Waals surface area contributed by atoms with Crippen molar-refractivity contribution in [1.29, 1.82) is 0 Å². The molecule has 2 saturated carbocycles. The van der Waals surface area contributed by atoms with Gasteiger partial charge in [-0.2, -0.15) is 0 Å². The summed E-state index contributed by atoms with van der Waals surface area (Å²) in [4.78, 5) is 0. The molecule has 0 amide bonds. The van der Waals surface area contributed by atoms with E-state index in [4.69, 9.17) is 4.74 Å². The minimum atomic E-state index is 0.164. The van der Waals surface area contributed by atoms with E-state index in [0.29, 0.717) is 6.10 Å². The van der Waals surface area contributed by atoms with Gasteiger partial charge in [-0.1, -0.05) is 29.8 Å². The minimum absolute atomic E-state index is 0.164. The Kier molecular flexibility index (Phi) is 4.94. The molecule has 0 unspecified atom stereocenters. The van der Waals surface area contributed by atoms with Gasteiger partial charge < -0.3 is 4.74 Å². The first kappa shape index (κ1) is 13.9. The summed E-state index contributed by atoms with van der Waals surface area (Å²) < 4.78 is 6.52. The molecule has 0 saturated heterocycles. The maximum absolute atomic E-state index is 6.52. The topological polar surface area (TPSA) is 9.23 Å². The molecule has 0 aliphatic heterocycles. The molecule has 0 spiro atoms. The Labute approximate surface area is 115 Å². The lowest BCUT2D eigenvalue weighted by molar-refractivity contribution is -0.116. The minimum Gasteiger partial charge on any atom is -0.371 e. The highest BCUT2D eigenvalue weighted by Gasteiger charge is 2.37. The average molecular weight is 303 g/mol. The number of hydrogen-bond acceptors (Lipinski definition) is 1. The summed E-state index contributed by atoms with van der Waals surface area (Å²) in [6.45, 7) is 4.75. The van der Waals surface area contributed by atoms with E-state index in [1.807, 2.05) is 0 Å². The molecule has 0 atom stereocenters. The maximum Gasteiger partial charge on any atom is 0.0782 e. The molecule has 2 aliphatic carbocycles. The molecule has 17 heavy (non-hydrogen) atoms. The molecule has 0 aromatic carbocycles. The van der Waals surface area contributed by atoms with Crippen LogP contribution in [0.1, 0.15) is 65.2 Å². The Hall–Kier alpha value is 0.440. The van der Waals surface area contributed by atoms with Crippen LogP contribution in [-0.4, -0.2) is 17.0 Å². The zero-order chi connectivity index (χ0) is 12.3. The van der Waals surface area contributed by atoms with Crippen molar-refractivity contribution < 1.29 is 4.74 Å². The van der Waals surface area contributed by atoms with Gasteiger partial charge >= 0.3 is 0 Å². The second-order valence-electron chi connectivity index (χ2n) is 6.50. The predicted octanol–water partition coefficient (Wildman–Crippen LogP) is 4.93. The van der Waals surface area contributed by atoms with Gasteiger partial charge in [0.05, 0.1) is 11.7 Å². The van der Waals surface area contributed by atoms with E-state index in [1.165, 1.54) is 51.4 Å². The smallest absolute Gasteiger partial charge is 0.0782 e. The fraction of sp³-hybridized carbons (Fsp3) is 1.00. The van der Waals surface area contributed by atoms with Crippen LogP contribution in [0.2, 0.25) is 0 Å². The zero-order valence-corrected chi connectivity index (χ0v) is 13.0. The summed E-state index contributed by atoms with van der Waals surface area (Å²) in [5.41, 5.74) is 0.164. The van der Waals surface area contributed by atoms with Gasteiger partial charge in [0.25, 0.3) is 0 Å². The summed E-state index contributed by atoms with van der Waals surface area (Å²) in [7, 11) is 0. The molecule has 0 bridgehead atoms. The molecule has 0 aromatic heterocycles. The summed E-state index contributed by atoms with van der Waals surface area (Å²) in [5.74, 6) is 1.82. The Morgan fingerprint density at radius 1 is 0.941 bits per heavy atom. The third-order valence-corrected chi connectivity index (χ3v) is 5.83. The molecule has 2 rings (SSSR count). The quantitative estimate of drug-likeness (QED) is 0.672. The highest BCUT2D eigenvalue weighted by atomic mass is 79.9. The SMILES string of the molecule is CC1CCC(OC2(CBr)CCC(C)CC2)CC1. The molecule has 0 aromatic rings. The highest BCUT2D eigenvalue weighted by Crippen LogP contribution is 2.39. The van der Waals surface area contributed by atoms with Gasteiger partial charge in [-0.15, -0.1) is 0 Å². The molecule has 0 heterocycles. The first-order valence-electron chi connectivity index (χ1n) is 7.37. The van der Waals surface area contributed by atoms with Crippen molar-refractivity contribution >= 4 is 15.9 Å². The monoisotopic (exact) mass is 302 g/mol. The summed E-state index contributed by atoms with van der Waals surface area (Å²) in [6.07, 6.45) is 11.0. The van der Waals surface area contributed by atoms with Crippen molar-refractivity contribution in [2.45, 2.75) is 76.9 Å². The summed E-state index contributed by atoms with van der Waals surface area (Å²) in [6, 6.07) is 0. The Morgan fingerprint density at radius 3 is 2.00 bits per heavy atom. The van der Waals surface area contributed by atoms with Crippen molar-refractivity contribution in [2.75, 3.05) is 5.33 Å². The van der Waals surface area contributed by atoms with Crippen LogP contribution in [0.15, 0.2) is 0 Å². The summed E-state index contributed by atoms with van der Waals surface area (Å²) >= 11 is 3.70. The van der Waals surface area contributed by atoms with Crippen molar-refractivity contribution in [3.8, 4) is 0 Å². The van der Waals surface area contributed by atoms with E-state index in [9.17, 15) is 0 Å². The van der Waals surface area contributed by atoms with Crippen LogP contribution in [0.25, 0.3) is 0 Å². The second-order valence-corrected chi connectivity index (χ2v) is 7.06. The van der Waals surface area contributed by atoms with Crippen molar-refractivity contribution in [3.05, 3.63) is 0 Å². The van der Waals surface area contributed by atoms with Crippen LogP contribution in [0.4, 0.5) is 0 Å². The van der Waals surface area contributed by atoms with E-state index in [1.54, 1.807) is 0 Å². The van der Waals surface area contributed by atoms with Gasteiger partial charge in [0, 0.05) is 5.33 Å². The van der Waals surface area contributed by atoms with E-state index in [2.05, 4.69) is 29.8 Å². The third-order valence-electron chi connectivity index (χ3n) is 4.81. The molecule has 1 nitrogen and oxygen atoms in total. The van der Waals surface area contributed by atoms with Gasteiger partial charge in [0.15, 0.2) is 0 Å². The van der Waals surface area contributed by atoms with Gasteiger partial charge in [-0.25, -0.2) is 0 Å². The Balaban J connectivity index is 1.86. The van der Waals surface area contributed by atoms with Crippen LogP contribution in [-0.2, 0) is 4.74 Å². The Morgan fingerprint density at radius 2 is 1.47 bits per heavy atom. The number of ether oxygens (including phenoxy) is 1. The average Bonchev–Trinajstić information content (AvgIpc) is 2.35. The largest absolute Gasteiger partial charge is 0.371 e. The van der Waals surface area contributed by atoms with E-state index in [0.717, 1.165) is 17.2 Å². The second kappa shape index (κ2) is 6.06. The van der Waals surface area contributed by atoms with E-state index >= 15 is 0 Å². The van der Waals surface area contributed by atoms with Gasteiger partial charge in [-0.05, 0) is 63.2 Å². The normalized spacial score (nSPS) is 43.6. The number of halogens is 1. The molecule has 0 N–H and O–H groups in total. The lowest BCUT2D eigenvalue weighted by atomic mass is 9.80. The van der Waals surface area contributed by atoms with Crippen molar-refractivity contribution in [3.63, 3.8) is 0 Å². The summed E-state index contributed by atoms with van der Waals surface area (Å²) in [5, 5.41) is 1.03. The third kappa shape index (κ3) is 3.70. The van der Waals surface area contributed by atoms with Crippen molar-refractivity contribution in [1.82, 2.24) is 0 Å². The molecular weight excluding hydrogens is 276 g/mol. The van der Waals surface area contributed by atoms with Crippen LogP contribution in [0, 0.1) is 11.8 Å². The first-order chi connectivity index (χ1) is 8.13. The standard InChI is InChI=1S/C15H27BrO/c1-12-3-5-14(6-4-12)17-15(11-16)9-7-13(2)8-10-15/h12-14H,3-11H2,1-2H3. The lowest BCUT2D eigenvalue weighted by Gasteiger charge is -2.42. The van der Waals surface area contributed by atoms with Gasteiger partial charge in [0.1, 0.15) is 0 Å². The maximum atomic E-state index is 6.52. The zero-order valence-electron chi connectivity index (χ0n) is 11.4. The van der Waals surface area contributed by atoms with Crippen LogP contribution >= 0.6 is 15.9 Å². The molecule has 2 aliphatic rings. The highest BCUT2D eigenvalue weighted by molar-refractivity contribution is 9.09. The fourth-order valence-electron chi connectivity index (χ4n) is 3.27. The number of alkyl halides is 1. The van der Waals surface area contributed by atoms with Crippen molar-refractivity contribution in [2.24, 2.45) is 11.8 Å². The first-order valence-corrected chi connectivity index (χ1v) is 8.49. The Bertz CT molecular complexity index is 225. The van der Waals surface area contributed by atoms with Gasteiger partial charge in [-0.3, -0.25) is 0 Å². The van der Waals surface area contributed by atoms with Crippen LogP contribution in [0.3, 0.4) is 0 Å². The lowest BCUT2D eigenvalue weighted by Crippen LogP contribution is -2.42. The van der Waals surface area contributed by atoms with Gasteiger partial charge in [0.2, 0.25) is 0 Å². The number of rotatable bonds is 3. The number of hydrogen-bond donors (Lipinski definition) is 0. The molecule has 2 heteroatoms. The van der Waals surface area contributed by atoms with Crippen LogP contribution < -0.4 is 0 Å². The molecule has 2 fully saturated rings. The molecular formula is C15H27BrO. The fourth-order valence-corrected chi connectivity index (χ4v) is 3.97. The predicted molar refractivity (Wildman–Crippen MR) is 76.7 cm³/mol. The molecule has 0 radical (unpaired) electrons. The van der Waals surface area contributed by atoms with E-state index in [-0.39, 0.29) is 5.60 Å². The van der Waals surface area contributed by atoms with Crippen LogP contribution in [0.5, 0.6) is 0 Å². The van der Waals surface area contributed by atoms with E-state index < -0.39 is 0 Å². The molecule has 100 valence electrons.